The Labute approximate surface area is 133 Å². The van der Waals surface area contributed by atoms with E-state index < -0.39 is 4.92 Å². The summed E-state index contributed by atoms with van der Waals surface area (Å²) in [5.41, 5.74) is 2.05. The number of aromatic amines is 1. The Morgan fingerprint density at radius 2 is 2.14 bits per heavy atom. The van der Waals surface area contributed by atoms with Gasteiger partial charge in [-0.05, 0) is 47.9 Å². The molecular formula is C14H12IN3O3. The first-order chi connectivity index (χ1) is 9.97. The Balaban J connectivity index is 2.18. The highest BCUT2D eigenvalue weighted by molar-refractivity contribution is 14.1. The van der Waals surface area contributed by atoms with E-state index in [-0.39, 0.29) is 11.2 Å². The second-order valence-corrected chi connectivity index (χ2v) is 6.22. The van der Waals surface area contributed by atoms with Gasteiger partial charge in [0.15, 0.2) is 0 Å². The first-order valence-corrected chi connectivity index (χ1v) is 7.60. The minimum Gasteiger partial charge on any atom is -0.306 e. The molecule has 1 aliphatic carbocycles. The average molecular weight is 397 g/mol. The summed E-state index contributed by atoms with van der Waals surface area (Å²) in [5.74, 6) is 0.750. The number of nitrogens with zero attached hydrogens (tertiary/aromatic N) is 2. The molecule has 0 radical (unpaired) electrons. The van der Waals surface area contributed by atoms with Crippen LogP contribution >= 0.6 is 22.6 Å². The first kappa shape index (κ1) is 14.2. The van der Waals surface area contributed by atoms with Gasteiger partial charge >= 0.3 is 0 Å². The van der Waals surface area contributed by atoms with Crippen LogP contribution in [0, 0.1) is 20.6 Å². The topological polar surface area (TPSA) is 88.9 Å². The zero-order valence-electron chi connectivity index (χ0n) is 11.2. The zero-order chi connectivity index (χ0) is 15.1. The first-order valence-electron chi connectivity index (χ1n) is 6.52. The minimum atomic E-state index is -0.449. The number of aromatic nitrogens is 2. The van der Waals surface area contributed by atoms with Gasteiger partial charge in [-0.25, -0.2) is 4.98 Å². The third-order valence-electron chi connectivity index (χ3n) is 3.54. The molecule has 7 heteroatoms. The molecule has 1 heterocycles. The summed E-state index contributed by atoms with van der Waals surface area (Å²) in [4.78, 5) is 29.8. The van der Waals surface area contributed by atoms with Crippen LogP contribution in [-0.2, 0) is 0 Å². The lowest BCUT2D eigenvalue weighted by molar-refractivity contribution is -0.384. The van der Waals surface area contributed by atoms with Gasteiger partial charge < -0.3 is 4.98 Å². The van der Waals surface area contributed by atoms with Crippen molar-refractivity contribution < 1.29 is 4.92 Å². The van der Waals surface area contributed by atoms with Crippen LogP contribution in [0.4, 0.5) is 5.69 Å². The minimum absolute atomic E-state index is 0.00947. The highest BCUT2D eigenvalue weighted by atomic mass is 127. The van der Waals surface area contributed by atoms with Crippen LogP contribution < -0.4 is 5.56 Å². The monoisotopic (exact) mass is 397 g/mol. The van der Waals surface area contributed by atoms with E-state index in [0.29, 0.717) is 20.9 Å². The molecule has 1 N–H and O–H groups in total. The number of non-ortho nitro benzene ring substituents is 1. The molecule has 1 fully saturated rings. The van der Waals surface area contributed by atoms with Gasteiger partial charge in [-0.2, -0.15) is 0 Å². The molecule has 0 amide bonds. The standard InChI is InChI=1S/C14H12IN3O3/c1-7-2-5-9(18(20)21)6-10(7)13-16-12(8-3-4-8)11(15)14(19)17-13/h2,5-6,8H,3-4H2,1H3,(H,16,17,19). The van der Waals surface area contributed by atoms with Crippen LogP contribution in [0.5, 0.6) is 0 Å². The molecule has 1 aliphatic rings. The molecule has 0 spiro atoms. The van der Waals surface area contributed by atoms with Crippen molar-refractivity contribution in [2.24, 2.45) is 0 Å². The predicted octanol–water partition coefficient (Wildman–Crippen LogP) is 3.14. The third kappa shape index (κ3) is 2.69. The molecule has 1 saturated carbocycles. The van der Waals surface area contributed by atoms with E-state index in [2.05, 4.69) is 9.97 Å². The second kappa shape index (κ2) is 5.21. The van der Waals surface area contributed by atoms with Crippen LogP contribution in [-0.4, -0.2) is 14.9 Å². The maximum absolute atomic E-state index is 12.1. The molecule has 21 heavy (non-hydrogen) atoms. The lowest BCUT2D eigenvalue weighted by Crippen LogP contribution is -2.16. The van der Waals surface area contributed by atoms with Gasteiger partial charge in [0.2, 0.25) is 0 Å². The number of nitro benzene ring substituents is 1. The number of benzene rings is 1. The molecule has 0 unspecified atom stereocenters. The number of halogens is 1. The smallest absolute Gasteiger partial charge is 0.270 e. The van der Waals surface area contributed by atoms with Crippen molar-refractivity contribution in [2.45, 2.75) is 25.7 Å². The molecule has 1 aromatic heterocycles. The van der Waals surface area contributed by atoms with E-state index >= 15 is 0 Å². The molecule has 2 aromatic rings. The lowest BCUT2D eigenvalue weighted by Gasteiger charge is -2.08. The second-order valence-electron chi connectivity index (χ2n) is 5.14. The van der Waals surface area contributed by atoms with Gasteiger partial charge in [0, 0.05) is 23.6 Å². The zero-order valence-corrected chi connectivity index (χ0v) is 13.4. The molecule has 108 valence electrons. The summed E-state index contributed by atoms with van der Waals surface area (Å²) in [7, 11) is 0. The van der Waals surface area contributed by atoms with E-state index in [1.165, 1.54) is 12.1 Å². The largest absolute Gasteiger partial charge is 0.306 e. The third-order valence-corrected chi connectivity index (χ3v) is 4.58. The summed E-state index contributed by atoms with van der Waals surface area (Å²) < 4.78 is 0.613. The number of H-pyrrole nitrogens is 1. The molecule has 3 rings (SSSR count). The van der Waals surface area contributed by atoms with E-state index in [9.17, 15) is 14.9 Å². The Hall–Kier alpha value is -1.77. The molecular weight excluding hydrogens is 385 g/mol. The Kier molecular flexibility index (Phi) is 3.52. The summed E-state index contributed by atoms with van der Waals surface area (Å²) in [6.45, 7) is 1.84. The van der Waals surface area contributed by atoms with Crippen molar-refractivity contribution in [1.82, 2.24) is 9.97 Å². The number of aryl methyl sites for hydroxylation is 1. The van der Waals surface area contributed by atoms with Crippen molar-refractivity contribution in [3.63, 3.8) is 0 Å². The number of hydrogen-bond acceptors (Lipinski definition) is 4. The van der Waals surface area contributed by atoms with Crippen molar-refractivity contribution >= 4 is 28.3 Å². The summed E-state index contributed by atoms with van der Waals surface area (Å²) in [6.07, 6.45) is 2.08. The lowest BCUT2D eigenvalue weighted by atomic mass is 10.1. The van der Waals surface area contributed by atoms with Crippen molar-refractivity contribution in [3.05, 3.63) is 53.5 Å². The van der Waals surface area contributed by atoms with Crippen LogP contribution in [0.2, 0.25) is 0 Å². The summed E-state index contributed by atoms with van der Waals surface area (Å²) in [5, 5.41) is 10.9. The van der Waals surface area contributed by atoms with Gasteiger partial charge in [0.1, 0.15) is 5.82 Å². The highest BCUT2D eigenvalue weighted by Gasteiger charge is 2.29. The van der Waals surface area contributed by atoms with E-state index in [0.717, 1.165) is 24.1 Å². The SMILES string of the molecule is Cc1ccc([N+](=O)[O-])cc1-c1nc(C2CC2)c(I)c(=O)[nH]1. The van der Waals surface area contributed by atoms with Crippen molar-refractivity contribution in [3.8, 4) is 11.4 Å². The Morgan fingerprint density at radius 3 is 2.76 bits per heavy atom. The molecule has 1 aromatic carbocycles. The number of hydrogen-bond donors (Lipinski definition) is 1. The number of nitro groups is 1. The van der Waals surface area contributed by atoms with Gasteiger partial charge in [0.05, 0.1) is 14.2 Å². The fourth-order valence-corrected chi connectivity index (χ4v) is 2.91. The van der Waals surface area contributed by atoms with Gasteiger partial charge in [0.25, 0.3) is 11.2 Å². The number of rotatable bonds is 3. The Bertz CT molecular complexity index is 797. The molecule has 0 bridgehead atoms. The van der Waals surface area contributed by atoms with Crippen LogP contribution in [0.3, 0.4) is 0 Å². The Morgan fingerprint density at radius 1 is 1.43 bits per heavy atom. The van der Waals surface area contributed by atoms with Gasteiger partial charge in [-0.15, -0.1) is 0 Å². The van der Waals surface area contributed by atoms with Crippen molar-refractivity contribution in [2.75, 3.05) is 0 Å². The van der Waals surface area contributed by atoms with Gasteiger partial charge in [-0.3, -0.25) is 14.9 Å². The van der Waals surface area contributed by atoms with Crippen LogP contribution in [0.25, 0.3) is 11.4 Å². The molecule has 6 nitrogen and oxygen atoms in total. The highest BCUT2D eigenvalue weighted by Crippen LogP contribution is 2.40. The number of nitrogens with one attached hydrogen (secondary N) is 1. The van der Waals surface area contributed by atoms with Crippen molar-refractivity contribution in [1.29, 1.82) is 0 Å². The van der Waals surface area contributed by atoms with Gasteiger partial charge in [-0.1, -0.05) is 6.07 Å². The fraction of sp³-hybridized carbons (Fsp3) is 0.286. The van der Waals surface area contributed by atoms with E-state index in [4.69, 9.17) is 0 Å². The average Bonchev–Trinajstić information content (AvgIpc) is 3.26. The van der Waals surface area contributed by atoms with E-state index in [1.807, 2.05) is 29.5 Å². The maximum atomic E-state index is 12.1. The molecule has 0 atom stereocenters. The van der Waals surface area contributed by atoms with E-state index in [1.54, 1.807) is 6.07 Å². The predicted molar refractivity (Wildman–Crippen MR) is 86.4 cm³/mol. The maximum Gasteiger partial charge on any atom is 0.270 e. The van der Waals surface area contributed by atoms with Crippen LogP contribution in [0.1, 0.15) is 30.0 Å². The quantitative estimate of drug-likeness (QED) is 0.490. The summed E-state index contributed by atoms with van der Waals surface area (Å²) >= 11 is 2.01. The molecule has 0 aliphatic heterocycles. The normalized spacial score (nSPS) is 14.2. The van der Waals surface area contributed by atoms with Crippen LogP contribution in [0.15, 0.2) is 23.0 Å². The fourth-order valence-electron chi connectivity index (χ4n) is 2.21. The summed E-state index contributed by atoms with van der Waals surface area (Å²) in [6, 6.07) is 4.57. The molecule has 0 saturated heterocycles.